The second kappa shape index (κ2) is 6.87. The van der Waals surface area contributed by atoms with Gasteiger partial charge in [-0.2, -0.15) is 5.26 Å². The van der Waals surface area contributed by atoms with Crippen LogP contribution in [0.5, 0.6) is 0 Å². The van der Waals surface area contributed by atoms with Gasteiger partial charge >= 0.3 is 0 Å². The van der Waals surface area contributed by atoms with Crippen LogP contribution in [-0.2, 0) is 4.79 Å². The van der Waals surface area contributed by atoms with Gasteiger partial charge in [-0.1, -0.05) is 51.8 Å². The van der Waals surface area contributed by atoms with Gasteiger partial charge < -0.3 is 5.32 Å². The molecule has 0 saturated carbocycles. The van der Waals surface area contributed by atoms with Crippen molar-refractivity contribution in [1.82, 2.24) is 0 Å². The standard InChI is InChI=1S/C17H13BrN2O/c1-12-5-7-13(8-6-12)9-14(11-19)17(21)20-16-4-2-3-15(18)10-16/h2-10H,1H3,(H,20,21)/b14-9-. The minimum absolute atomic E-state index is 0.0684. The van der Waals surface area contributed by atoms with Crippen molar-refractivity contribution < 1.29 is 4.79 Å². The van der Waals surface area contributed by atoms with Crippen LogP contribution in [0.25, 0.3) is 6.08 Å². The van der Waals surface area contributed by atoms with Gasteiger partial charge in [0.2, 0.25) is 0 Å². The second-order valence-corrected chi connectivity index (χ2v) is 5.46. The van der Waals surface area contributed by atoms with Crippen LogP contribution in [0, 0.1) is 18.3 Å². The Kier molecular flexibility index (Phi) is 4.91. The van der Waals surface area contributed by atoms with Gasteiger partial charge in [0.1, 0.15) is 11.6 Å². The highest BCUT2D eigenvalue weighted by Crippen LogP contribution is 2.17. The molecule has 2 aromatic carbocycles. The summed E-state index contributed by atoms with van der Waals surface area (Å²) in [6.07, 6.45) is 1.58. The summed E-state index contributed by atoms with van der Waals surface area (Å²) in [7, 11) is 0. The smallest absolute Gasteiger partial charge is 0.266 e. The lowest BCUT2D eigenvalue weighted by Gasteiger charge is -2.04. The van der Waals surface area contributed by atoms with E-state index in [0.29, 0.717) is 5.69 Å². The second-order valence-electron chi connectivity index (χ2n) is 4.54. The number of anilines is 1. The first-order chi connectivity index (χ1) is 10.1. The highest BCUT2D eigenvalue weighted by atomic mass is 79.9. The van der Waals surface area contributed by atoms with E-state index in [-0.39, 0.29) is 5.57 Å². The van der Waals surface area contributed by atoms with Gasteiger partial charge in [0.05, 0.1) is 0 Å². The van der Waals surface area contributed by atoms with Crippen molar-refractivity contribution in [3.8, 4) is 6.07 Å². The van der Waals surface area contributed by atoms with E-state index in [1.165, 1.54) is 0 Å². The summed E-state index contributed by atoms with van der Waals surface area (Å²) in [5, 5.41) is 11.9. The molecular formula is C17H13BrN2O. The number of halogens is 1. The normalized spacial score (nSPS) is 10.8. The van der Waals surface area contributed by atoms with Crippen molar-refractivity contribution in [3.05, 3.63) is 69.7 Å². The fourth-order valence-corrected chi connectivity index (χ4v) is 2.14. The number of carbonyl (C=O) groups excluding carboxylic acids is 1. The molecule has 104 valence electrons. The number of nitrogens with zero attached hydrogens (tertiary/aromatic N) is 1. The summed E-state index contributed by atoms with van der Waals surface area (Å²) >= 11 is 3.34. The Bertz CT molecular complexity index is 727. The highest BCUT2D eigenvalue weighted by Gasteiger charge is 2.09. The Hall–Kier alpha value is -2.38. The molecule has 0 atom stereocenters. The summed E-state index contributed by atoms with van der Waals surface area (Å²) in [5.41, 5.74) is 2.66. The van der Waals surface area contributed by atoms with Crippen LogP contribution in [0.1, 0.15) is 11.1 Å². The van der Waals surface area contributed by atoms with Crippen molar-refractivity contribution in [1.29, 1.82) is 5.26 Å². The van der Waals surface area contributed by atoms with Crippen molar-refractivity contribution in [2.45, 2.75) is 6.92 Å². The summed E-state index contributed by atoms with van der Waals surface area (Å²) in [6.45, 7) is 1.98. The Balaban J connectivity index is 2.19. The first-order valence-corrected chi connectivity index (χ1v) is 7.13. The van der Waals surface area contributed by atoms with Crippen LogP contribution in [0.15, 0.2) is 58.6 Å². The molecule has 1 N–H and O–H groups in total. The van der Waals surface area contributed by atoms with E-state index in [9.17, 15) is 4.79 Å². The number of rotatable bonds is 3. The van der Waals surface area contributed by atoms with Crippen molar-refractivity contribution >= 4 is 33.6 Å². The van der Waals surface area contributed by atoms with E-state index in [0.717, 1.165) is 15.6 Å². The summed E-state index contributed by atoms with van der Waals surface area (Å²) in [6, 6.07) is 16.8. The average Bonchev–Trinajstić information content (AvgIpc) is 2.46. The first-order valence-electron chi connectivity index (χ1n) is 6.34. The lowest BCUT2D eigenvalue weighted by Crippen LogP contribution is -2.13. The topological polar surface area (TPSA) is 52.9 Å². The van der Waals surface area contributed by atoms with E-state index in [2.05, 4.69) is 21.2 Å². The van der Waals surface area contributed by atoms with E-state index in [1.807, 2.05) is 49.4 Å². The zero-order valence-corrected chi connectivity index (χ0v) is 13.0. The third-order valence-electron chi connectivity index (χ3n) is 2.84. The van der Waals surface area contributed by atoms with Crippen LogP contribution in [0.2, 0.25) is 0 Å². The predicted octanol–water partition coefficient (Wildman–Crippen LogP) is 4.30. The molecule has 1 amide bonds. The molecule has 0 aliphatic heterocycles. The molecule has 0 aliphatic rings. The third kappa shape index (κ3) is 4.30. The molecule has 0 spiro atoms. The van der Waals surface area contributed by atoms with E-state index < -0.39 is 5.91 Å². The molecule has 0 heterocycles. The number of aryl methyl sites for hydroxylation is 1. The number of nitrogens with one attached hydrogen (secondary N) is 1. The highest BCUT2D eigenvalue weighted by molar-refractivity contribution is 9.10. The Morgan fingerprint density at radius 1 is 1.24 bits per heavy atom. The molecule has 0 saturated heterocycles. The average molecular weight is 341 g/mol. The Labute approximate surface area is 132 Å². The van der Waals surface area contributed by atoms with Gasteiger partial charge in [0.25, 0.3) is 5.91 Å². The van der Waals surface area contributed by atoms with Gasteiger partial charge in [0, 0.05) is 10.2 Å². The number of hydrogen-bond acceptors (Lipinski definition) is 2. The van der Waals surface area contributed by atoms with Gasteiger partial charge in [-0.15, -0.1) is 0 Å². The molecule has 0 fully saturated rings. The van der Waals surface area contributed by atoms with Crippen molar-refractivity contribution in [3.63, 3.8) is 0 Å². The molecule has 3 nitrogen and oxygen atoms in total. The van der Waals surface area contributed by atoms with Crippen LogP contribution in [-0.4, -0.2) is 5.91 Å². The predicted molar refractivity (Wildman–Crippen MR) is 87.5 cm³/mol. The summed E-state index contributed by atoms with van der Waals surface area (Å²) < 4.78 is 0.862. The molecule has 2 rings (SSSR count). The van der Waals surface area contributed by atoms with Crippen LogP contribution in [0.3, 0.4) is 0 Å². The monoisotopic (exact) mass is 340 g/mol. The molecule has 0 radical (unpaired) electrons. The molecule has 21 heavy (non-hydrogen) atoms. The van der Waals surface area contributed by atoms with Gasteiger partial charge in [0.15, 0.2) is 0 Å². The largest absolute Gasteiger partial charge is 0.321 e. The molecule has 4 heteroatoms. The maximum absolute atomic E-state index is 12.1. The van der Waals surface area contributed by atoms with E-state index in [1.54, 1.807) is 18.2 Å². The molecule has 0 aliphatic carbocycles. The van der Waals surface area contributed by atoms with Crippen LogP contribution >= 0.6 is 15.9 Å². The summed E-state index contributed by atoms with van der Waals surface area (Å²) in [4.78, 5) is 12.1. The molecule has 0 bridgehead atoms. The lowest BCUT2D eigenvalue weighted by atomic mass is 10.1. The maximum Gasteiger partial charge on any atom is 0.266 e. The molecule has 0 unspecified atom stereocenters. The Morgan fingerprint density at radius 3 is 2.57 bits per heavy atom. The molecule has 2 aromatic rings. The van der Waals surface area contributed by atoms with Crippen LogP contribution < -0.4 is 5.32 Å². The number of hydrogen-bond donors (Lipinski definition) is 1. The molecular weight excluding hydrogens is 328 g/mol. The number of carbonyl (C=O) groups is 1. The van der Waals surface area contributed by atoms with Gasteiger partial charge in [-0.05, 0) is 36.8 Å². The summed E-state index contributed by atoms with van der Waals surface area (Å²) in [5.74, 6) is -0.420. The van der Waals surface area contributed by atoms with Gasteiger partial charge in [-0.3, -0.25) is 4.79 Å². The molecule has 0 aromatic heterocycles. The maximum atomic E-state index is 12.1. The zero-order valence-electron chi connectivity index (χ0n) is 11.4. The third-order valence-corrected chi connectivity index (χ3v) is 3.33. The van der Waals surface area contributed by atoms with E-state index in [4.69, 9.17) is 5.26 Å². The zero-order chi connectivity index (χ0) is 15.2. The number of nitriles is 1. The fraction of sp³-hybridized carbons (Fsp3) is 0.0588. The SMILES string of the molecule is Cc1ccc(/C=C(/C#N)C(=O)Nc2cccc(Br)c2)cc1. The van der Waals surface area contributed by atoms with Crippen molar-refractivity contribution in [2.75, 3.05) is 5.32 Å². The van der Waals surface area contributed by atoms with Crippen LogP contribution in [0.4, 0.5) is 5.69 Å². The Morgan fingerprint density at radius 2 is 1.95 bits per heavy atom. The van der Waals surface area contributed by atoms with Crippen molar-refractivity contribution in [2.24, 2.45) is 0 Å². The number of amides is 1. The fourth-order valence-electron chi connectivity index (χ4n) is 1.74. The number of benzene rings is 2. The van der Waals surface area contributed by atoms with Gasteiger partial charge in [-0.25, -0.2) is 0 Å². The minimum atomic E-state index is -0.420. The quantitative estimate of drug-likeness (QED) is 0.668. The van der Waals surface area contributed by atoms with E-state index >= 15 is 0 Å². The lowest BCUT2D eigenvalue weighted by molar-refractivity contribution is -0.112. The first kappa shape index (κ1) is 15.0. The minimum Gasteiger partial charge on any atom is -0.321 e.